The molecular formula is C14H18N2O5. The van der Waals surface area contributed by atoms with Gasteiger partial charge in [0, 0.05) is 6.07 Å². The highest BCUT2D eigenvalue weighted by Gasteiger charge is 2.24. The lowest BCUT2D eigenvalue weighted by atomic mass is 9.92. The minimum atomic E-state index is -0.523. The summed E-state index contributed by atoms with van der Waals surface area (Å²) in [6.45, 7) is -0.232. The van der Waals surface area contributed by atoms with Gasteiger partial charge in [0.2, 0.25) is 0 Å². The van der Waals surface area contributed by atoms with E-state index >= 15 is 0 Å². The van der Waals surface area contributed by atoms with Gasteiger partial charge < -0.3 is 15.2 Å². The zero-order valence-corrected chi connectivity index (χ0v) is 11.5. The van der Waals surface area contributed by atoms with Gasteiger partial charge in [0.15, 0.2) is 6.61 Å². The Hall–Kier alpha value is -2.15. The third-order valence-electron chi connectivity index (χ3n) is 3.47. The Morgan fingerprint density at radius 1 is 1.43 bits per heavy atom. The highest BCUT2D eigenvalue weighted by molar-refractivity contribution is 5.77. The Morgan fingerprint density at radius 3 is 2.90 bits per heavy atom. The van der Waals surface area contributed by atoms with E-state index in [2.05, 4.69) is 5.32 Å². The molecule has 1 amide bonds. The highest BCUT2D eigenvalue weighted by Crippen LogP contribution is 2.20. The molecule has 2 atom stereocenters. The van der Waals surface area contributed by atoms with Gasteiger partial charge in [-0.15, -0.1) is 0 Å². The molecule has 1 aromatic rings. The third kappa shape index (κ3) is 4.42. The zero-order valence-electron chi connectivity index (χ0n) is 11.5. The summed E-state index contributed by atoms with van der Waals surface area (Å²) in [5.74, 6) is -0.0731. The summed E-state index contributed by atoms with van der Waals surface area (Å²) < 4.78 is 5.24. The van der Waals surface area contributed by atoms with E-state index in [0.717, 1.165) is 19.3 Å². The largest absolute Gasteiger partial charge is 0.484 e. The number of ether oxygens (including phenoxy) is 1. The molecule has 0 radical (unpaired) electrons. The van der Waals surface area contributed by atoms with Crippen molar-refractivity contribution in [3.8, 4) is 5.75 Å². The van der Waals surface area contributed by atoms with E-state index in [1.807, 2.05) is 0 Å². The number of carbonyl (C=O) groups is 1. The van der Waals surface area contributed by atoms with Gasteiger partial charge >= 0.3 is 0 Å². The molecule has 0 aliphatic heterocycles. The number of aliphatic hydroxyl groups is 1. The minimum absolute atomic E-state index is 0.0874. The summed E-state index contributed by atoms with van der Waals surface area (Å²) in [6, 6.07) is 5.43. The monoisotopic (exact) mass is 294 g/mol. The molecule has 1 saturated carbocycles. The van der Waals surface area contributed by atoms with E-state index in [4.69, 9.17) is 4.74 Å². The normalized spacial score (nSPS) is 21.6. The number of benzene rings is 1. The summed E-state index contributed by atoms with van der Waals surface area (Å²) >= 11 is 0. The smallest absolute Gasteiger partial charge is 0.273 e. The fourth-order valence-corrected chi connectivity index (χ4v) is 2.36. The van der Waals surface area contributed by atoms with Crippen molar-refractivity contribution in [1.82, 2.24) is 5.32 Å². The molecule has 1 aromatic carbocycles. The first kappa shape index (κ1) is 15.2. The molecule has 2 N–H and O–H groups in total. The maximum absolute atomic E-state index is 11.8. The number of non-ortho nitro benzene ring substituents is 1. The van der Waals surface area contributed by atoms with Gasteiger partial charge in [0.1, 0.15) is 5.75 Å². The first-order chi connectivity index (χ1) is 10.1. The average Bonchev–Trinajstić information content (AvgIpc) is 2.48. The van der Waals surface area contributed by atoms with Crippen LogP contribution in [0.25, 0.3) is 0 Å². The molecule has 0 saturated heterocycles. The van der Waals surface area contributed by atoms with Crippen molar-refractivity contribution in [3.63, 3.8) is 0 Å². The molecule has 0 spiro atoms. The Kier molecular flexibility index (Phi) is 5.10. The first-order valence-electron chi connectivity index (χ1n) is 6.91. The van der Waals surface area contributed by atoms with Crippen LogP contribution in [0.4, 0.5) is 5.69 Å². The van der Waals surface area contributed by atoms with Gasteiger partial charge in [-0.25, -0.2) is 0 Å². The van der Waals surface area contributed by atoms with Gasteiger partial charge in [0.05, 0.1) is 23.1 Å². The molecule has 1 aliphatic rings. The molecular weight excluding hydrogens is 276 g/mol. The number of aliphatic hydroxyl groups excluding tert-OH is 1. The van der Waals surface area contributed by atoms with Crippen molar-refractivity contribution in [2.45, 2.75) is 37.8 Å². The van der Waals surface area contributed by atoms with Crippen LogP contribution in [-0.2, 0) is 4.79 Å². The molecule has 7 nitrogen and oxygen atoms in total. The predicted octanol–water partition coefficient (Wildman–Crippen LogP) is 1.39. The van der Waals surface area contributed by atoms with Crippen LogP contribution in [0.2, 0.25) is 0 Å². The molecule has 0 unspecified atom stereocenters. The van der Waals surface area contributed by atoms with E-state index < -0.39 is 11.0 Å². The number of carbonyl (C=O) groups excluding carboxylic acids is 1. The van der Waals surface area contributed by atoms with Crippen molar-refractivity contribution < 1.29 is 19.6 Å². The summed E-state index contributed by atoms with van der Waals surface area (Å²) in [5.41, 5.74) is -0.0874. The highest BCUT2D eigenvalue weighted by atomic mass is 16.6. The lowest BCUT2D eigenvalue weighted by molar-refractivity contribution is -0.384. The second-order valence-electron chi connectivity index (χ2n) is 5.07. The number of hydrogen-bond acceptors (Lipinski definition) is 5. The van der Waals surface area contributed by atoms with E-state index in [-0.39, 0.29) is 30.0 Å². The maximum Gasteiger partial charge on any atom is 0.273 e. The minimum Gasteiger partial charge on any atom is -0.484 e. The van der Waals surface area contributed by atoms with Gasteiger partial charge in [-0.05, 0) is 18.9 Å². The molecule has 1 aliphatic carbocycles. The number of nitrogens with one attached hydrogen (secondary N) is 1. The van der Waals surface area contributed by atoms with Crippen LogP contribution in [0.5, 0.6) is 5.75 Å². The van der Waals surface area contributed by atoms with Gasteiger partial charge in [-0.1, -0.05) is 18.9 Å². The van der Waals surface area contributed by atoms with E-state index in [1.54, 1.807) is 6.07 Å². The lowest BCUT2D eigenvalue weighted by Gasteiger charge is -2.28. The lowest BCUT2D eigenvalue weighted by Crippen LogP contribution is -2.46. The number of nitrogens with zero attached hydrogens (tertiary/aromatic N) is 1. The summed E-state index contributed by atoms with van der Waals surface area (Å²) in [7, 11) is 0. The average molecular weight is 294 g/mol. The van der Waals surface area contributed by atoms with Gasteiger partial charge in [-0.3, -0.25) is 14.9 Å². The Bertz CT molecular complexity index is 520. The molecule has 2 rings (SSSR count). The molecule has 1 fully saturated rings. The van der Waals surface area contributed by atoms with Crippen LogP contribution >= 0.6 is 0 Å². The Balaban J connectivity index is 1.83. The molecule has 0 aromatic heterocycles. The van der Waals surface area contributed by atoms with Crippen LogP contribution in [0.1, 0.15) is 25.7 Å². The summed E-state index contributed by atoms with van der Waals surface area (Å²) in [5, 5.41) is 23.1. The Labute approximate surface area is 122 Å². The number of nitro benzene ring substituents is 1. The van der Waals surface area contributed by atoms with Gasteiger partial charge in [0.25, 0.3) is 11.6 Å². The number of nitro groups is 1. The molecule has 0 heterocycles. The fourth-order valence-electron chi connectivity index (χ4n) is 2.36. The first-order valence-corrected chi connectivity index (χ1v) is 6.91. The SMILES string of the molecule is O=C(COc1cccc([N+](=O)[O-])c1)N[C@@H]1CCCC[C@H]1O. The standard InChI is InChI=1S/C14H18N2O5/c17-13-7-2-1-6-12(13)15-14(18)9-21-11-5-3-4-10(8-11)16(19)20/h3-5,8,12-13,17H,1-2,6-7,9H2,(H,15,18)/t12-,13-/m1/s1. The second-order valence-corrected chi connectivity index (χ2v) is 5.07. The zero-order chi connectivity index (χ0) is 15.2. The number of amides is 1. The van der Waals surface area contributed by atoms with Crippen LogP contribution < -0.4 is 10.1 Å². The molecule has 7 heteroatoms. The van der Waals surface area contributed by atoms with Crippen molar-refractivity contribution >= 4 is 11.6 Å². The van der Waals surface area contributed by atoms with Crippen LogP contribution in [0.3, 0.4) is 0 Å². The number of rotatable bonds is 5. The maximum atomic E-state index is 11.8. The van der Waals surface area contributed by atoms with Crippen molar-refractivity contribution in [2.75, 3.05) is 6.61 Å². The Morgan fingerprint density at radius 2 is 2.19 bits per heavy atom. The predicted molar refractivity (Wildman–Crippen MR) is 75.0 cm³/mol. The molecule has 114 valence electrons. The topological polar surface area (TPSA) is 102 Å². The quantitative estimate of drug-likeness (QED) is 0.631. The van der Waals surface area contributed by atoms with Gasteiger partial charge in [-0.2, -0.15) is 0 Å². The van der Waals surface area contributed by atoms with Crippen molar-refractivity contribution in [3.05, 3.63) is 34.4 Å². The van der Waals surface area contributed by atoms with E-state index in [0.29, 0.717) is 6.42 Å². The molecule has 0 bridgehead atoms. The summed E-state index contributed by atoms with van der Waals surface area (Å²) in [4.78, 5) is 21.9. The fraction of sp³-hybridized carbons (Fsp3) is 0.500. The van der Waals surface area contributed by atoms with E-state index in [9.17, 15) is 20.0 Å². The third-order valence-corrected chi connectivity index (χ3v) is 3.47. The van der Waals surface area contributed by atoms with Crippen LogP contribution in [0, 0.1) is 10.1 Å². The van der Waals surface area contributed by atoms with E-state index in [1.165, 1.54) is 18.2 Å². The van der Waals surface area contributed by atoms with Crippen molar-refractivity contribution in [2.24, 2.45) is 0 Å². The van der Waals surface area contributed by atoms with Crippen LogP contribution in [0.15, 0.2) is 24.3 Å². The van der Waals surface area contributed by atoms with Crippen molar-refractivity contribution in [1.29, 1.82) is 0 Å². The second kappa shape index (κ2) is 7.03. The number of hydrogen-bond donors (Lipinski definition) is 2. The van der Waals surface area contributed by atoms with Crippen LogP contribution in [-0.4, -0.2) is 34.7 Å². The summed E-state index contributed by atoms with van der Waals surface area (Å²) in [6.07, 6.45) is 2.88. The molecule has 21 heavy (non-hydrogen) atoms.